The Bertz CT molecular complexity index is 476. The Morgan fingerprint density at radius 2 is 1.83 bits per heavy atom. The highest BCUT2D eigenvalue weighted by Gasteiger charge is 2.74. The topological polar surface area (TPSA) is 57.5 Å². The zero-order chi connectivity index (χ0) is 15.2. The second-order valence-electron chi connectivity index (χ2n) is 7.28. The molecule has 3 nitrogen and oxygen atoms in total. The molecule has 0 spiro atoms. The quantitative estimate of drug-likeness (QED) is 0.690. The van der Waals surface area contributed by atoms with E-state index in [1.54, 1.807) is 6.92 Å². The molecule has 4 bridgehead atoms. The summed E-state index contributed by atoms with van der Waals surface area (Å²) < 4.78 is 16.1. The molecule has 4 fully saturated rings. The van der Waals surface area contributed by atoms with E-state index in [4.69, 9.17) is 2.74 Å². The van der Waals surface area contributed by atoms with Crippen molar-refractivity contribution >= 4 is 5.78 Å². The van der Waals surface area contributed by atoms with Crippen LogP contribution < -0.4 is 0 Å². The van der Waals surface area contributed by atoms with Gasteiger partial charge in [-0.2, -0.15) is 0 Å². The number of aliphatic hydroxyl groups excluding tert-OH is 2. The van der Waals surface area contributed by atoms with Gasteiger partial charge in [0.15, 0.2) is 0 Å². The second kappa shape index (κ2) is 3.37. The number of hydrogen-bond donors (Lipinski definition) is 2. The standard InChI is InChI=1S/C15H24O3/c1-7-5-8(16)12-13-11(7)15(12,4)10(18)6-9(17)14(13,2)3/h7,9-13,17-18H,5-6H2,1-4H3/t7-,9+,10+,11?,12?,13?,15?/m0/s1/i5D2. The Hall–Kier alpha value is -0.410. The third-order valence-corrected chi connectivity index (χ3v) is 6.21. The van der Waals surface area contributed by atoms with Crippen LogP contribution in [-0.4, -0.2) is 28.2 Å². The van der Waals surface area contributed by atoms with Crippen LogP contribution in [0.2, 0.25) is 0 Å². The fourth-order valence-corrected chi connectivity index (χ4v) is 5.08. The van der Waals surface area contributed by atoms with Gasteiger partial charge in [0.1, 0.15) is 5.78 Å². The molecule has 4 unspecified atom stereocenters. The lowest BCUT2D eigenvalue weighted by Crippen LogP contribution is -2.70. The van der Waals surface area contributed by atoms with E-state index in [2.05, 4.69) is 0 Å². The maximum atomic E-state index is 12.6. The molecule has 102 valence electrons. The molecule has 4 aliphatic carbocycles. The van der Waals surface area contributed by atoms with Gasteiger partial charge in [-0.15, -0.1) is 0 Å². The molecule has 0 amide bonds. The van der Waals surface area contributed by atoms with Crippen LogP contribution in [0.5, 0.6) is 0 Å². The summed E-state index contributed by atoms with van der Waals surface area (Å²) in [6.45, 7) is 7.58. The molecule has 18 heavy (non-hydrogen) atoms. The smallest absolute Gasteiger partial charge is 0.137 e. The first kappa shape index (κ1) is 10.4. The van der Waals surface area contributed by atoms with E-state index >= 15 is 0 Å². The van der Waals surface area contributed by atoms with E-state index in [0.29, 0.717) is 0 Å². The van der Waals surface area contributed by atoms with E-state index in [9.17, 15) is 15.0 Å². The van der Waals surface area contributed by atoms with Gasteiger partial charge in [0.25, 0.3) is 0 Å². The van der Waals surface area contributed by atoms with Gasteiger partial charge in [-0.1, -0.05) is 27.7 Å². The normalized spacial score (nSPS) is 62.2. The lowest BCUT2D eigenvalue weighted by molar-refractivity contribution is -0.231. The average molecular weight is 254 g/mol. The van der Waals surface area contributed by atoms with E-state index in [1.165, 1.54) is 0 Å². The molecule has 0 heterocycles. The van der Waals surface area contributed by atoms with Crippen LogP contribution in [0.4, 0.5) is 0 Å². The van der Waals surface area contributed by atoms with Crippen LogP contribution in [0.25, 0.3) is 0 Å². The van der Waals surface area contributed by atoms with E-state index in [1.807, 2.05) is 20.8 Å². The summed E-state index contributed by atoms with van der Waals surface area (Å²) in [4.78, 5) is 12.6. The number of rotatable bonds is 0. The molecule has 0 aromatic carbocycles. The summed E-state index contributed by atoms with van der Waals surface area (Å²) in [6, 6.07) is 0. The van der Waals surface area contributed by atoms with Gasteiger partial charge >= 0.3 is 0 Å². The zero-order valence-corrected chi connectivity index (χ0v) is 11.5. The Labute approximate surface area is 111 Å². The first-order valence-corrected chi connectivity index (χ1v) is 6.89. The number of aliphatic hydroxyl groups is 2. The third kappa shape index (κ3) is 1.16. The van der Waals surface area contributed by atoms with Gasteiger partial charge in [-0.25, -0.2) is 0 Å². The maximum absolute atomic E-state index is 12.6. The fourth-order valence-electron chi connectivity index (χ4n) is 5.08. The predicted octanol–water partition coefficient (Wildman–Crippen LogP) is 1.62. The molecule has 4 saturated carbocycles. The van der Waals surface area contributed by atoms with Gasteiger partial charge in [0.2, 0.25) is 0 Å². The predicted molar refractivity (Wildman–Crippen MR) is 67.8 cm³/mol. The van der Waals surface area contributed by atoms with Crippen LogP contribution in [0.3, 0.4) is 0 Å². The van der Waals surface area contributed by atoms with Crippen molar-refractivity contribution in [2.45, 2.75) is 52.7 Å². The molecule has 3 heteroatoms. The zero-order valence-electron chi connectivity index (χ0n) is 13.5. The van der Waals surface area contributed by atoms with Crippen molar-refractivity contribution in [2.24, 2.45) is 34.5 Å². The molecule has 0 aliphatic heterocycles. The summed E-state index contributed by atoms with van der Waals surface area (Å²) in [5.74, 6) is -1.36. The van der Waals surface area contributed by atoms with Gasteiger partial charge in [0, 0.05) is 26.9 Å². The summed E-state index contributed by atoms with van der Waals surface area (Å²) in [7, 11) is 0. The van der Waals surface area contributed by atoms with E-state index < -0.39 is 41.2 Å². The Morgan fingerprint density at radius 3 is 2.39 bits per heavy atom. The number of carbonyl (C=O) groups is 1. The molecule has 7 atom stereocenters. The summed E-state index contributed by atoms with van der Waals surface area (Å²) in [6.07, 6.45) is -2.93. The largest absolute Gasteiger partial charge is 0.392 e. The molecular formula is C15H24O3. The maximum Gasteiger partial charge on any atom is 0.137 e. The number of Topliss-reactive ketones (excluding diaryl/α,β-unsaturated/α-hetero) is 1. The van der Waals surface area contributed by atoms with E-state index in [-0.39, 0.29) is 24.0 Å². The van der Waals surface area contributed by atoms with Crippen LogP contribution in [0, 0.1) is 34.5 Å². The van der Waals surface area contributed by atoms with Crippen LogP contribution >= 0.6 is 0 Å². The lowest BCUT2D eigenvalue weighted by atomic mass is 9.35. The van der Waals surface area contributed by atoms with Crippen LogP contribution in [0.1, 0.15) is 43.2 Å². The first-order chi connectivity index (χ1) is 8.98. The van der Waals surface area contributed by atoms with Crippen molar-refractivity contribution in [3.63, 3.8) is 0 Å². The van der Waals surface area contributed by atoms with Crippen molar-refractivity contribution < 1.29 is 17.7 Å². The Morgan fingerprint density at radius 1 is 1.22 bits per heavy atom. The molecule has 0 aromatic heterocycles. The molecule has 0 aromatic rings. The van der Waals surface area contributed by atoms with Crippen molar-refractivity contribution in [3.05, 3.63) is 0 Å². The van der Waals surface area contributed by atoms with Crippen molar-refractivity contribution in [1.29, 1.82) is 0 Å². The van der Waals surface area contributed by atoms with Crippen molar-refractivity contribution in [1.82, 2.24) is 0 Å². The lowest BCUT2D eigenvalue weighted by Gasteiger charge is -2.68. The first-order valence-electron chi connectivity index (χ1n) is 7.89. The minimum atomic E-state index is -1.81. The number of ketones is 1. The third-order valence-electron chi connectivity index (χ3n) is 6.21. The summed E-state index contributed by atoms with van der Waals surface area (Å²) in [5.41, 5.74) is -1.05. The van der Waals surface area contributed by atoms with Crippen molar-refractivity contribution in [3.8, 4) is 0 Å². The highest BCUT2D eigenvalue weighted by Crippen LogP contribution is 2.72. The highest BCUT2D eigenvalue weighted by atomic mass is 16.3. The summed E-state index contributed by atoms with van der Waals surface area (Å²) in [5, 5.41) is 20.9. The average Bonchev–Trinajstić information content (AvgIpc) is 2.40. The Balaban J connectivity index is 2.16. The molecule has 0 radical (unpaired) electrons. The van der Waals surface area contributed by atoms with Gasteiger partial charge in [-0.05, 0) is 23.2 Å². The van der Waals surface area contributed by atoms with Crippen LogP contribution in [-0.2, 0) is 4.79 Å². The van der Waals surface area contributed by atoms with Gasteiger partial charge in [-0.3, -0.25) is 4.79 Å². The fraction of sp³-hybridized carbons (Fsp3) is 0.933. The second-order valence-corrected chi connectivity index (χ2v) is 7.28. The monoisotopic (exact) mass is 254 g/mol. The van der Waals surface area contributed by atoms with Crippen LogP contribution in [0.15, 0.2) is 0 Å². The number of fused-ring (bicyclic) bond motifs is 2. The highest BCUT2D eigenvalue weighted by molar-refractivity contribution is 5.86. The molecule has 0 saturated heterocycles. The van der Waals surface area contributed by atoms with Gasteiger partial charge < -0.3 is 10.2 Å². The van der Waals surface area contributed by atoms with Crippen molar-refractivity contribution in [2.75, 3.05) is 0 Å². The number of carbonyl (C=O) groups excluding carboxylic acids is 1. The Kier molecular flexibility index (Phi) is 1.94. The molecular weight excluding hydrogens is 228 g/mol. The minimum absolute atomic E-state index is 0.0361. The number of hydrogen-bond acceptors (Lipinski definition) is 3. The minimum Gasteiger partial charge on any atom is -0.392 e. The summed E-state index contributed by atoms with van der Waals surface area (Å²) >= 11 is 0. The molecule has 2 N–H and O–H groups in total. The molecule has 4 rings (SSSR count). The van der Waals surface area contributed by atoms with Gasteiger partial charge in [0.05, 0.1) is 12.2 Å². The van der Waals surface area contributed by atoms with E-state index in [0.717, 1.165) is 0 Å². The SMILES string of the molecule is [2H]C1([2H])C(=O)C2C3C([C@H]1C)C2(C)[C@H](O)C[C@@H](O)C3(C)C. The molecule has 4 aliphatic rings.